The molecule has 0 aromatic heterocycles. The zero-order chi connectivity index (χ0) is 12.0. The number of aliphatic hydroxyl groups is 1. The van der Waals surface area contributed by atoms with Crippen molar-refractivity contribution in [2.75, 3.05) is 20.3 Å². The number of hydrogen-bond donors (Lipinski definition) is 2. The molecule has 1 aromatic rings. The summed E-state index contributed by atoms with van der Waals surface area (Å²) in [6.45, 7) is 2.34. The van der Waals surface area contributed by atoms with Gasteiger partial charge >= 0.3 is 0 Å². The van der Waals surface area contributed by atoms with Crippen molar-refractivity contribution in [1.29, 1.82) is 0 Å². The Balaban J connectivity index is 2.47. The quantitative estimate of drug-likeness (QED) is 0.773. The molecule has 0 spiro atoms. The van der Waals surface area contributed by atoms with Crippen molar-refractivity contribution in [3.05, 3.63) is 35.4 Å². The summed E-state index contributed by atoms with van der Waals surface area (Å²) in [7, 11) is 1.51. The molecule has 0 aliphatic heterocycles. The molecule has 1 aromatic carbocycles. The smallest absolute Gasteiger partial charge is 0.251 e. The van der Waals surface area contributed by atoms with E-state index in [2.05, 4.69) is 5.32 Å². The molecular formula is C12H17NO3. The Hall–Kier alpha value is -1.39. The SMILES string of the molecule is COCC(O)CNC(=O)c1cccc(C)c1. The van der Waals surface area contributed by atoms with E-state index >= 15 is 0 Å². The lowest BCUT2D eigenvalue weighted by Gasteiger charge is -2.10. The lowest BCUT2D eigenvalue weighted by molar-refractivity contribution is 0.0610. The first kappa shape index (κ1) is 12.7. The van der Waals surface area contributed by atoms with Crippen LogP contribution in [-0.4, -0.2) is 37.4 Å². The van der Waals surface area contributed by atoms with Gasteiger partial charge in [0.15, 0.2) is 0 Å². The summed E-state index contributed by atoms with van der Waals surface area (Å²) in [5.41, 5.74) is 1.63. The van der Waals surface area contributed by atoms with Gasteiger partial charge < -0.3 is 15.2 Å². The summed E-state index contributed by atoms with van der Waals surface area (Å²) >= 11 is 0. The Morgan fingerprint density at radius 2 is 2.31 bits per heavy atom. The molecule has 88 valence electrons. The largest absolute Gasteiger partial charge is 0.389 e. The predicted octanol–water partition coefficient (Wildman–Crippen LogP) is 0.732. The molecule has 1 amide bonds. The lowest BCUT2D eigenvalue weighted by atomic mass is 10.1. The molecule has 0 aliphatic rings. The van der Waals surface area contributed by atoms with Gasteiger partial charge in [0.25, 0.3) is 5.91 Å². The second-order valence-electron chi connectivity index (χ2n) is 3.69. The molecule has 0 fully saturated rings. The maximum atomic E-state index is 11.6. The average Bonchev–Trinajstić information content (AvgIpc) is 2.26. The van der Waals surface area contributed by atoms with Crippen LogP contribution in [0.25, 0.3) is 0 Å². The van der Waals surface area contributed by atoms with Crippen LogP contribution in [0.1, 0.15) is 15.9 Å². The molecule has 0 bridgehead atoms. The van der Waals surface area contributed by atoms with Crippen molar-refractivity contribution < 1.29 is 14.6 Å². The Labute approximate surface area is 95.2 Å². The van der Waals surface area contributed by atoms with E-state index in [1.807, 2.05) is 19.1 Å². The Bertz CT molecular complexity index is 352. The normalized spacial score (nSPS) is 12.2. The van der Waals surface area contributed by atoms with Crippen LogP contribution in [0.15, 0.2) is 24.3 Å². The second-order valence-corrected chi connectivity index (χ2v) is 3.69. The highest BCUT2D eigenvalue weighted by molar-refractivity contribution is 5.94. The van der Waals surface area contributed by atoms with Gasteiger partial charge in [-0.3, -0.25) is 4.79 Å². The van der Waals surface area contributed by atoms with E-state index in [0.29, 0.717) is 5.56 Å². The van der Waals surface area contributed by atoms with Gasteiger partial charge in [-0.05, 0) is 19.1 Å². The molecule has 0 aliphatic carbocycles. The van der Waals surface area contributed by atoms with E-state index < -0.39 is 6.10 Å². The van der Waals surface area contributed by atoms with Crippen molar-refractivity contribution >= 4 is 5.91 Å². The zero-order valence-electron chi connectivity index (χ0n) is 9.56. The molecule has 0 saturated heterocycles. The van der Waals surface area contributed by atoms with Crippen LogP contribution in [0.5, 0.6) is 0 Å². The molecule has 0 radical (unpaired) electrons. The first-order valence-corrected chi connectivity index (χ1v) is 5.15. The molecule has 16 heavy (non-hydrogen) atoms. The van der Waals surface area contributed by atoms with E-state index in [9.17, 15) is 9.90 Å². The number of nitrogens with one attached hydrogen (secondary N) is 1. The minimum absolute atomic E-state index is 0.182. The summed E-state index contributed by atoms with van der Waals surface area (Å²) in [4.78, 5) is 11.6. The number of rotatable bonds is 5. The van der Waals surface area contributed by atoms with Crippen LogP contribution in [-0.2, 0) is 4.74 Å². The Morgan fingerprint density at radius 1 is 1.56 bits per heavy atom. The number of hydrogen-bond acceptors (Lipinski definition) is 3. The van der Waals surface area contributed by atoms with Crippen LogP contribution < -0.4 is 5.32 Å². The van der Waals surface area contributed by atoms with Crippen LogP contribution in [0, 0.1) is 6.92 Å². The van der Waals surface area contributed by atoms with Crippen LogP contribution >= 0.6 is 0 Å². The van der Waals surface area contributed by atoms with Crippen molar-refractivity contribution in [3.8, 4) is 0 Å². The average molecular weight is 223 g/mol. The standard InChI is InChI=1S/C12H17NO3/c1-9-4-3-5-10(6-9)12(15)13-7-11(14)8-16-2/h3-6,11,14H,7-8H2,1-2H3,(H,13,15). The van der Waals surface area contributed by atoms with Gasteiger partial charge in [0.05, 0.1) is 12.7 Å². The van der Waals surface area contributed by atoms with Gasteiger partial charge in [-0.25, -0.2) is 0 Å². The Morgan fingerprint density at radius 3 is 2.94 bits per heavy atom. The summed E-state index contributed by atoms with van der Waals surface area (Å²) in [6.07, 6.45) is -0.668. The number of carbonyl (C=O) groups excluding carboxylic acids is 1. The number of methoxy groups -OCH3 is 1. The fraction of sp³-hybridized carbons (Fsp3) is 0.417. The van der Waals surface area contributed by atoms with E-state index in [0.717, 1.165) is 5.56 Å². The topological polar surface area (TPSA) is 58.6 Å². The number of ether oxygens (including phenoxy) is 1. The third-order valence-electron chi connectivity index (χ3n) is 2.14. The lowest BCUT2D eigenvalue weighted by Crippen LogP contribution is -2.34. The van der Waals surface area contributed by atoms with E-state index in [1.54, 1.807) is 12.1 Å². The van der Waals surface area contributed by atoms with Gasteiger partial charge in [-0.2, -0.15) is 0 Å². The second kappa shape index (κ2) is 6.25. The molecular weight excluding hydrogens is 206 g/mol. The predicted molar refractivity (Wildman–Crippen MR) is 61.4 cm³/mol. The highest BCUT2D eigenvalue weighted by Crippen LogP contribution is 2.03. The third kappa shape index (κ3) is 4.00. The van der Waals surface area contributed by atoms with Crippen molar-refractivity contribution in [2.45, 2.75) is 13.0 Å². The summed E-state index contributed by atoms with van der Waals surface area (Å²) in [5.74, 6) is -0.182. The van der Waals surface area contributed by atoms with Gasteiger partial charge in [0, 0.05) is 19.2 Å². The van der Waals surface area contributed by atoms with E-state index in [-0.39, 0.29) is 19.1 Å². The maximum Gasteiger partial charge on any atom is 0.251 e. The maximum absolute atomic E-state index is 11.6. The first-order chi connectivity index (χ1) is 7.63. The number of aryl methyl sites for hydroxylation is 1. The molecule has 2 N–H and O–H groups in total. The van der Waals surface area contributed by atoms with Gasteiger partial charge in [0.2, 0.25) is 0 Å². The highest BCUT2D eigenvalue weighted by Gasteiger charge is 2.08. The summed E-state index contributed by atoms with van der Waals surface area (Å²) in [6, 6.07) is 7.30. The number of aliphatic hydroxyl groups excluding tert-OH is 1. The molecule has 0 saturated carbocycles. The molecule has 1 rings (SSSR count). The molecule has 4 nitrogen and oxygen atoms in total. The minimum Gasteiger partial charge on any atom is -0.389 e. The van der Waals surface area contributed by atoms with Crippen LogP contribution in [0.4, 0.5) is 0 Å². The minimum atomic E-state index is -0.668. The number of carbonyl (C=O) groups is 1. The van der Waals surface area contributed by atoms with E-state index in [1.165, 1.54) is 7.11 Å². The highest BCUT2D eigenvalue weighted by atomic mass is 16.5. The van der Waals surface area contributed by atoms with Crippen LogP contribution in [0.2, 0.25) is 0 Å². The fourth-order valence-corrected chi connectivity index (χ4v) is 1.35. The van der Waals surface area contributed by atoms with Gasteiger partial charge in [-0.1, -0.05) is 17.7 Å². The monoisotopic (exact) mass is 223 g/mol. The molecule has 4 heteroatoms. The van der Waals surface area contributed by atoms with Crippen LogP contribution in [0.3, 0.4) is 0 Å². The van der Waals surface area contributed by atoms with Gasteiger partial charge in [0.1, 0.15) is 0 Å². The first-order valence-electron chi connectivity index (χ1n) is 5.15. The Kier molecular flexibility index (Phi) is 4.95. The van der Waals surface area contributed by atoms with Crippen molar-refractivity contribution in [1.82, 2.24) is 5.32 Å². The van der Waals surface area contributed by atoms with Gasteiger partial charge in [-0.15, -0.1) is 0 Å². The van der Waals surface area contributed by atoms with Crippen molar-refractivity contribution in [3.63, 3.8) is 0 Å². The van der Waals surface area contributed by atoms with E-state index in [4.69, 9.17) is 4.74 Å². The number of amides is 1. The molecule has 1 unspecified atom stereocenters. The fourth-order valence-electron chi connectivity index (χ4n) is 1.35. The third-order valence-corrected chi connectivity index (χ3v) is 2.14. The van der Waals surface area contributed by atoms with Crippen molar-refractivity contribution in [2.24, 2.45) is 0 Å². The number of benzene rings is 1. The summed E-state index contributed by atoms with van der Waals surface area (Å²) in [5, 5.41) is 12.0. The molecule has 1 atom stereocenters. The molecule has 0 heterocycles. The summed E-state index contributed by atoms with van der Waals surface area (Å²) < 4.78 is 4.76. The zero-order valence-corrected chi connectivity index (χ0v) is 9.56.